The summed E-state index contributed by atoms with van der Waals surface area (Å²) in [7, 11) is 1.61. The van der Waals surface area contributed by atoms with E-state index < -0.39 is 0 Å². The summed E-state index contributed by atoms with van der Waals surface area (Å²) < 4.78 is 8.17. The van der Waals surface area contributed by atoms with Gasteiger partial charge >= 0.3 is 0 Å². The fraction of sp³-hybridized carbons (Fsp3) is 0.429. The quantitative estimate of drug-likeness (QED) is 0.471. The first-order valence-electron chi connectivity index (χ1n) is 9.79. The van der Waals surface area contributed by atoms with Crippen molar-refractivity contribution in [2.75, 3.05) is 20.3 Å². The molecule has 0 unspecified atom stereocenters. The molecule has 0 fully saturated rings. The van der Waals surface area contributed by atoms with Gasteiger partial charge in [0.15, 0.2) is 0 Å². The first-order chi connectivity index (χ1) is 13.9. The number of carbonyl (C=O) groups excluding carboxylic acids is 1. The zero-order chi connectivity index (χ0) is 21.1. The van der Waals surface area contributed by atoms with E-state index in [0.717, 1.165) is 12.0 Å². The van der Waals surface area contributed by atoms with Gasteiger partial charge < -0.3 is 14.6 Å². The van der Waals surface area contributed by atoms with Crippen LogP contribution >= 0.6 is 0 Å². The Morgan fingerprint density at radius 3 is 2.83 bits per heavy atom. The predicted molar refractivity (Wildman–Crippen MR) is 111 cm³/mol. The Morgan fingerprint density at radius 1 is 1.38 bits per heavy atom. The lowest BCUT2D eigenvalue weighted by molar-refractivity contribution is 0.0946. The lowest BCUT2D eigenvalue weighted by Crippen LogP contribution is -2.36. The third-order valence-electron chi connectivity index (χ3n) is 5.16. The molecular weight excluding hydrogens is 370 g/mol. The Morgan fingerprint density at radius 2 is 2.14 bits per heavy atom. The molecule has 3 rings (SSSR count). The summed E-state index contributed by atoms with van der Waals surface area (Å²) in [6.45, 7) is 6.82. The number of nitrogens with one attached hydrogen (secondary N) is 2. The van der Waals surface area contributed by atoms with Gasteiger partial charge in [0.05, 0.1) is 10.9 Å². The topological polar surface area (TPSA) is 101 Å². The largest absolute Gasteiger partial charge is 0.385 e. The van der Waals surface area contributed by atoms with Crippen molar-refractivity contribution in [3.8, 4) is 0 Å². The van der Waals surface area contributed by atoms with Crippen LogP contribution < -0.4 is 16.4 Å². The van der Waals surface area contributed by atoms with Gasteiger partial charge in [0.1, 0.15) is 16.8 Å². The zero-order valence-corrected chi connectivity index (χ0v) is 17.3. The molecule has 29 heavy (non-hydrogen) atoms. The van der Waals surface area contributed by atoms with Crippen molar-refractivity contribution in [3.63, 3.8) is 0 Å². The van der Waals surface area contributed by atoms with E-state index in [-0.39, 0.29) is 28.6 Å². The molecule has 0 bridgehead atoms. The molecule has 0 saturated heterocycles. The van der Waals surface area contributed by atoms with E-state index in [9.17, 15) is 9.59 Å². The molecule has 1 amide bonds. The number of hydrogen-bond donors (Lipinski definition) is 2. The monoisotopic (exact) mass is 397 g/mol. The molecule has 2 N–H and O–H groups in total. The lowest BCUT2D eigenvalue weighted by atomic mass is 10.1. The van der Waals surface area contributed by atoms with Gasteiger partial charge in [0, 0.05) is 32.5 Å². The number of fused-ring (bicyclic) bond motifs is 2. The van der Waals surface area contributed by atoms with E-state index in [2.05, 4.69) is 5.32 Å². The van der Waals surface area contributed by atoms with E-state index in [1.54, 1.807) is 23.9 Å². The molecule has 0 saturated carbocycles. The highest BCUT2D eigenvalue weighted by molar-refractivity contribution is 5.96. The molecule has 154 valence electrons. The maximum Gasteiger partial charge on any atom is 0.267 e. The van der Waals surface area contributed by atoms with Gasteiger partial charge in [0.25, 0.3) is 11.5 Å². The molecule has 3 heterocycles. The summed E-state index contributed by atoms with van der Waals surface area (Å²) in [5, 5.41) is 11.8. The van der Waals surface area contributed by atoms with Gasteiger partial charge in [-0.05, 0) is 44.4 Å². The van der Waals surface area contributed by atoms with Crippen LogP contribution in [0.4, 0.5) is 0 Å². The molecule has 0 aromatic carbocycles. The van der Waals surface area contributed by atoms with Crippen LogP contribution in [0, 0.1) is 12.3 Å². The number of carbonyl (C=O) groups is 1. The number of ether oxygens (including phenoxy) is 1. The second kappa shape index (κ2) is 8.57. The number of nitrogens with zero attached hydrogens (tertiary/aromatic N) is 3. The molecule has 8 heteroatoms. The second-order valence-electron chi connectivity index (χ2n) is 7.18. The van der Waals surface area contributed by atoms with Crippen LogP contribution in [0.5, 0.6) is 0 Å². The molecular formula is C21H27N5O3. The maximum atomic E-state index is 13.2. The summed E-state index contributed by atoms with van der Waals surface area (Å²) in [4.78, 5) is 30.7. The third kappa shape index (κ3) is 3.80. The van der Waals surface area contributed by atoms with Crippen LogP contribution in [0.3, 0.4) is 0 Å². The number of amides is 1. The standard InChI is InChI=1S/C21H27N5O3/c1-5-14(3)26-17(22)15(20(27)23-9-7-11-29-4)12-16-19(26)24-18-13(2)8-6-10-25(18)21(16)28/h6,8,10,12,14,22H,5,7,9,11H2,1-4H3,(H,23,27)/t14-/m1/s1. The van der Waals surface area contributed by atoms with Gasteiger partial charge in [-0.25, -0.2) is 4.98 Å². The minimum Gasteiger partial charge on any atom is -0.385 e. The van der Waals surface area contributed by atoms with Crippen LogP contribution in [-0.2, 0) is 4.74 Å². The normalized spacial score (nSPS) is 12.4. The summed E-state index contributed by atoms with van der Waals surface area (Å²) in [6, 6.07) is 5.09. The van der Waals surface area contributed by atoms with E-state index in [0.29, 0.717) is 36.3 Å². The zero-order valence-electron chi connectivity index (χ0n) is 17.3. The highest BCUT2D eigenvalue weighted by Crippen LogP contribution is 2.17. The molecule has 0 aliphatic carbocycles. The van der Waals surface area contributed by atoms with Gasteiger partial charge in [-0.1, -0.05) is 13.0 Å². The Hall–Kier alpha value is -3.00. The first-order valence-corrected chi connectivity index (χ1v) is 9.79. The highest BCUT2D eigenvalue weighted by Gasteiger charge is 2.19. The van der Waals surface area contributed by atoms with E-state index >= 15 is 0 Å². The van der Waals surface area contributed by atoms with Crippen LogP contribution in [0.1, 0.15) is 48.7 Å². The van der Waals surface area contributed by atoms with Crippen molar-refractivity contribution < 1.29 is 9.53 Å². The fourth-order valence-electron chi connectivity index (χ4n) is 3.36. The average Bonchev–Trinajstić information content (AvgIpc) is 2.71. The molecule has 0 aliphatic rings. The average molecular weight is 397 g/mol. The smallest absolute Gasteiger partial charge is 0.267 e. The van der Waals surface area contributed by atoms with Crippen LogP contribution in [0.15, 0.2) is 29.2 Å². The molecule has 0 aliphatic heterocycles. The Balaban J connectivity index is 2.27. The number of rotatable bonds is 7. The fourth-order valence-corrected chi connectivity index (χ4v) is 3.36. The van der Waals surface area contributed by atoms with Crippen molar-refractivity contribution in [2.24, 2.45) is 0 Å². The first kappa shape index (κ1) is 20.7. The summed E-state index contributed by atoms with van der Waals surface area (Å²) >= 11 is 0. The van der Waals surface area contributed by atoms with Gasteiger partial charge in [-0.15, -0.1) is 0 Å². The van der Waals surface area contributed by atoms with Crippen molar-refractivity contribution in [1.82, 2.24) is 19.3 Å². The predicted octanol–water partition coefficient (Wildman–Crippen LogP) is 2.17. The maximum absolute atomic E-state index is 13.2. The highest BCUT2D eigenvalue weighted by atomic mass is 16.5. The molecule has 1 atom stereocenters. The SMILES string of the molecule is CC[C@@H](C)n1c(=N)c(C(=O)NCCCOC)cc2c(=O)n3cccc(C)c3nc21. The molecule has 0 radical (unpaired) electrons. The number of hydrogen-bond acceptors (Lipinski definition) is 5. The Kier molecular flexibility index (Phi) is 6.12. The molecule has 3 aromatic rings. The van der Waals surface area contributed by atoms with Crippen molar-refractivity contribution in [2.45, 2.75) is 39.7 Å². The Bertz CT molecular complexity index is 1180. The van der Waals surface area contributed by atoms with Crippen molar-refractivity contribution >= 4 is 22.6 Å². The number of aromatic nitrogens is 3. The van der Waals surface area contributed by atoms with E-state index in [1.807, 2.05) is 26.8 Å². The van der Waals surface area contributed by atoms with Crippen LogP contribution in [-0.4, -0.2) is 40.1 Å². The lowest BCUT2D eigenvalue weighted by Gasteiger charge is -2.19. The number of aryl methyl sites for hydroxylation is 1. The molecule has 0 spiro atoms. The number of pyridine rings is 2. The van der Waals surface area contributed by atoms with Crippen LogP contribution in [0.25, 0.3) is 16.7 Å². The second-order valence-corrected chi connectivity index (χ2v) is 7.18. The van der Waals surface area contributed by atoms with Crippen molar-refractivity contribution in [3.05, 3.63) is 51.4 Å². The molecule has 3 aromatic heterocycles. The summed E-state index contributed by atoms with van der Waals surface area (Å²) in [5.74, 6) is -0.376. The minimum atomic E-state index is -0.376. The third-order valence-corrected chi connectivity index (χ3v) is 5.16. The Labute approximate surface area is 168 Å². The van der Waals surface area contributed by atoms with E-state index in [1.165, 1.54) is 10.5 Å². The molecule has 8 nitrogen and oxygen atoms in total. The van der Waals surface area contributed by atoms with E-state index in [4.69, 9.17) is 15.1 Å². The van der Waals surface area contributed by atoms with Crippen molar-refractivity contribution in [1.29, 1.82) is 5.41 Å². The summed E-state index contributed by atoms with van der Waals surface area (Å²) in [5.41, 5.74) is 1.83. The van der Waals surface area contributed by atoms with Gasteiger partial charge in [0.2, 0.25) is 0 Å². The van der Waals surface area contributed by atoms with Gasteiger partial charge in [-0.3, -0.25) is 19.4 Å². The number of methoxy groups -OCH3 is 1. The van der Waals surface area contributed by atoms with Crippen LogP contribution in [0.2, 0.25) is 0 Å². The minimum absolute atomic E-state index is 0.0564. The van der Waals surface area contributed by atoms with Gasteiger partial charge in [-0.2, -0.15) is 0 Å². The summed E-state index contributed by atoms with van der Waals surface area (Å²) in [6.07, 6.45) is 3.08.